The lowest BCUT2D eigenvalue weighted by atomic mass is 10.1. The first-order valence-electron chi connectivity index (χ1n) is 5.57. The smallest absolute Gasteiger partial charge is 0.0612 e. The molecule has 0 aromatic heterocycles. The zero-order valence-corrected chi connectivity index (χ0v) is 11.4. The van der Waals surface area contributed by atoms with E-state index in [0.29, 0.717) is 0 Å². The first kappa shape index (κ1) is 11.7. The van der Waals surface area contributed by atoms with Gasteiger partial charge in [-0.25, -0.2) is 0 Å². The third kappa shape index (κ3) is 2.33. The van der Waals surface area contributed by atoms with Crippen molar-refractivity contribution in [3.63, 3.8) is 0 Å². The SMILES string of the molecule is Cc1cc(N)c(N2CCN(C)CC2)cc1Br. The Hall–Kier alpha value is -0.740. The Labute approximate surface area is 105 Å². The summed E-state index contributed by atoms with van der Waals surface area (Å²) in [6, 6.07) is 4.17. The fourth-order valence-corrected chi connectivity index (χ4v) is 2.35. The summed E-state index contributed by atoms with van der Waals surface area (Å²) in [5.41, 5.74) is 9.31. The van der Waals surface area contributed by atoms with Crippen LogP contribution in [0.5, 0.6) is 0 Å². The van der Waals surface area contributed by atoms with E-state index in [2.05, 4.69) is 45.8 Å². The maximum atomic E-state index is 6.08. The van der Waals surface area contributed by atoms with Gasteiger partial charge in [0.15, 0.2) is 0 Å². The van der Waals surface area contributed by atoms with E-state index in [1.807, 2.05) is 6.07 Å². The third-order valence-corrected chi connectivity index (χ3v) is 4.01. The maximum Gasteiger partial charge on any atom is 0.0612 e. The molecular weight excluding hydrogens is 266 g/mol. The Morgan fingerprint density at radius 2 is 1.81 bits per heavy atom. The molecule has 1 aliphatic heterocycles. The highest BCUT2D eigenvalue weighted by Crippen LogP contribution is 2.30. The molecule has 4 heteroatoms. The van der Waals surface area contributed by atoms with Gasteiger partial charge >= 0.3 is 0 Å². The minimum absolute atomic E-state index is 0.880. The van der Waals surface area contributed by atoms with Crippen LogP contribution in [0.1, 0.15) is 5.56 Å². The minimum Gasteiger partial charge on any atom is -0.397 e. The molecular formula is C12H18BrN3. The lowest BCUT2D eigenvalue weighted by Gasteiger charge is -2.34. The number of halogens is 1. The molecule has 1 aromatic carbocycles. The van der Waals surface area contributed by atoms with Crippen molar-refractivity contribution in [2.24, 2.45) is 0 Å². The Bertz CT molecular complexity index is 384. The Morgan fingerprint density at radius 1 is 1.19 bits per heavy atom. The number of nitrogen functional groups attached to an aromatic ring is 1. The molecule has 0 aliphatic carbocycles. The van der Waals surface area contributed by atoms with E-state index in [9.17, 15) is 0 Å². The number of hydrogen-bond acceptors (Lipinski definition) is 3. The Morgan fingerprint density at radius 3 is 2.44 bits per heavy atom. The molecule has 3 nitrogen and oxygen atoms in total. The highest BCUT2D eigenvalue weighted by atomic mass is 79.9. The van der Waals surface area contributed by atoms with Crippen molar-refractivity contribution >= 4 is 27.3 Å². The molecule has 0 bridgehead atoms. The highest BCUT2D eigenvalue weighted by Gasteiger charge is 2.16. The summed E-state index contributed by atoms with van der Waals surface area (Å²) in [6.07, 6.45) is 0. The van der Waals surface area contributed by atoms with Crippen molar-refractivity contribution in [1.29, 1.82) is 0 Å². The first-order valence-corrected chi connectivity index (χ1v) is 6.36. The van der Waals surface area contributed by atoms with Gasteiger partial charge in [0.25, 0.3) is 0 Å². The predicted molar refractivity (Wildman–Crippen MR) is 73.0 cm³/mol. The van der Waals surface area contributed by atoms with Crippen LogP contribution < -0.4 is 10.6 Å². The number of anilines is 2. The average molecular weight is 284 g/mol. The van der Waals surface area contributed by atoms with Crippen LogP contribution in [0.4, 0.5) is 11.4 Å². The molecule has 1 aliphatic rings. The average Bonchev–Trinajstić information content (AvgIpc) is 2.25. The number of rotatable bonds is 1. The highest BCUT2D eigenvalue weighted by molar-refractivity contribution is 9.10. The van der Waals surface area contributed by atoms with Gasteiger partial charge in [-0.3, -0.25) is 0 Å². The summed E-state index contributed by atoms with van der Waals surface area (Å²) in [5.74, 6) is 0. The van der Waals surface area contributed by atoms with Crippen LogP contribution >= 0.6 is 15.9 Å². The molecule has 2 N–H and O–H groups in total. The molecule has 0 atom stereocenters. The quantitative estimate of drug-likeness (QED) is 0.802. The summed E-state index contributed by atoms with van der Waals surface area (Å²) in [5, 5.41) is 0. The van der Waals surface area contributed by atoms with Gasteiger partial charge in [0.05, 0.1) is 11.4 Å². The van der Waals surface area contributed by atoms with Gasteiger partial charge in [-0.1, -0.05) is 15.9 Å². The van der Waals surface area contributed by atoms with E-state index in [1.165, 1.54) is 5.56 Å². The normalized spacial score (nSPS) is 17.8. The topological polar surface area (TPSA) is 32.5 Å². The fourth-order valence-electron chi connectivity index (χ4n) is 2.01. The molecule has 1 saturated heterocycles. The molecule has 0 amide bonds. The summed E-state index contributed by atoms with van der Waals surface area (Å²) in [4.78, 5) is 4.70. The zero-order valence-electron chi connectivity index (χ0n) is 9.83. The molecule has 0 unspecified atom stereocenters. The molecule has 2 rings (SSSR count). The van der Waals surface area contributed by atoms with Gasteiger partial charge in [0.2, 0.25) is 0 Å². The molecule has 0 saturated carbocycles. The van der Waals surface area contributed by atoms with E-state index >= 15 is 0 Å². The van der Waals surface area contributed by atoms with Crippen molar-refractivity contribution in [3.05, 3.63) is 22.2 Å². The maximum absolute atomic E-state index is 6.08. The Balaban J connectivity index is 2.23. The van der Waals surface area contributed by atoms with Crippen LogP contribution in [0.2, 0.25) is 0 Å². The second kappa shape index (κ2) is 4.63. The summed E-state index contributed by atoms with van der Waals surface area (Å²) in [6.45, 7) is 6.37. The molecule has 16 heavy (non-hydrogen) atoms. The van der Waals surface area contributed by atoms with Crippen LogP contribution in [0.15, 0.2) is 16.6 Å². The van der Waals surface area contributed by atoms with Crippen LogP contribution in [-0.2, 0) is 0 Å². The van der Waals surface area contributed by atoms with E-state index in [-0.39, 0.29) is 0 Å². The molecule has 1 aromatic rings. The van der Waals surface area contributed by atoms with Crippen molar-refractivity contribution in [2.45, 2.75) is 6.92 Å². The first-order chi connectivity index (χ1) is 7.58. The van der Waals surface area contributed by atoms with Gasteiger partial charge < -0.3 is 15.5 Å². The monoisotopic (exact) mass is 283 g/mol. The largest absolute Gasteiger partial charge is 0.397 e. The van der Waals surface area contributed by atoms with Gasteiger partial charge in [-0.2, -0.15) is 0 Å². The molecule has 0 spiro atoms. The van der Waals surface area contributed by atoms with Crippen LogP contribution in [-0.4, -0.2) is 38.1 Å². The van der Waals surface area contributed by atoms with Crippen molar-refractivity contribution in [3.8, 4) is 0 Å². The lowest BCUT2D eigenvalue weighted by Crippen LogP contribution is -2.44. The molecule has 88 valence electrons. The van der Waals surface area contributed by atoms with Crippen LogP contribution in [0, 0.1) is 6.92 Å². The third-order valence-electron chi connectivity index (χ3n) is 3.15. The minimum atomic E-state index is 0.880. The number of likely N-dealkylation sites (N-methyl/N-ethyl adjacent to an activating group) is 1. The summed E-state index contributed by atoms with van der Waals surface area (Å²) in [7, 11) is 2.16. The van der Waals surface area contributed by atoms with E-state index in [0.717, 1.165) is 42.0 Å². The number of hydrogen-bond donors (Lipinski definition) is 1. The number of piperazine rings is 1. The summed E-state index contributed by atoms with van der Waals surface area (Å²) >= 11 is 3.57. The number of benzene rings is 1. The van der Waals surface area contributed by atoms with Crippen molar-refractivity contribution in [2.75, 3.05) is 43.9 Å². The van der Waals surface area contributed by atoms with Gasteiger partial charge in [0.1, 0.15) is 0 Å². The lowest BCUT2D eigenvalue weighted by molar-refractivity contribution is 0.313. The number of nitrogens with two attached hydrogens (primary N) is 1. The zero-order chi connectivity index (χ0) is 11.7. The molecule has 0 radical (unpaired) electrons. The van der Waals surface area contributed by atoms with E-state index in [4.69, 9.17) is 5.73 Å². The van der Waals surface area contributed by atoms with Crippen molar-refractivity contribution in [1.82, 2.24) is 4.90 Å². The molecule has 1 heterocycles. The van der Waals surface area contributed by atoms with Gasteiger partial charge in [-0.05, 0) is 31.7 Å². The molecule has 1 fully saturated rings. The second-order valence-corrected chi connectivity index (χ2v) is 5.30. The Kier molecular flexibility index (Phi) is 3.40. The number of aryl methyl sites for hydroxylation is 1. The van der Waals surface area contributed by atoms with Crippen molar-refractivity contribution < 1.29 is 0 Å². The van der Waals surface area contributed by atoms with Gasteiger partial charge in [0, 0.05) is 30.7 Å². The van der Waals surface area contributed by atoms with Gasteiger partial charge in [-0.15, -0.1) is 0 Å². The van der Waals surface area contributed by atoms with Crippen LogP contribution in [0.25, 0.3) is 0 Å². The predicted octanol–water partition coefficient (Wildman–Crippen LogP) is 2.09. The van der Waals surface area contributed by atoms with E-state index in [1.54, 1.807) is 0 Å². The van der Waals surface area contributed by atoms with E-state index < -0.39 is 0 Å². The number of nitrogens with zero attached hydrogens (tertiary/aromatic N) is 2. The second-order valence-electron chi connectivity index (χ2n) is 4.45. The summed E-state index contributed by atoms with van der Waals surface area (Å²) < 4.78 is 1.13. The fraction of sp³-hybridized carbons (Fsp3) is 0.500. The standard InChI is InChI=1S/C12H18BrN3/c1-9-7-11(14)12(8-10(9)13)16-5-3-15(2)4-6-16/h7-8H,3-6,14H2,1-2H3. The van der Waals surface area contributed by atoms with Crippen LogP contribution in [0.3, 0.4) is 0 Å².